The van der Waals surface area contributed by atoms with Gasteiger partial charge >= 0.3 is 0 Å². The van der Waals surface area contributed by atoms with Crippen LogP contribution in [0.15, 0.2) is 48.9 Å². The molecule has 0 bridgehead atoms. The molecule has 0 radical (unpaired) electrons. The Bertz CT molecular complexity index is 826. The van der Waals surface area contributed by atoms with Gasteiger partial charge in [-0.05, 0) is 18.2 Å². The van der Waals surface area contributed by atoms with Crippen LogP contribution in [0.3, 0.4) is 0 Å². The molecule has 128 valence electrons. The zero-order valence-corrected chi connectivity index (χ0v) is 13.8. The predicted molar refractivity (Wildman–Crippen MR) is 93.5 cm³/mol. The summed E-state index contributed by atoms with van der Waals surface area (Å²) in [5, 5.41) is 0. The molecule has 3 heterocycles. The highest BCUT2D eigenvalue weighted by Gasteiger charge is 2.19. The first-order chi connectivity index (χ1) is 12.3. The molecule has 4 rings (SSSR count). The lowest BCUT2D eigenvalue weighted by Gasteiger charge is -2.34. The number of anilines is 1. The Morgan fingerprint density at radius 2 is 1.72 bits per heavy atom. The number of benzene rings is 1. The van der Waals surface area contributed by atoms with Crippen LogP contribution in [0.4, 0.5) is 10.3 Å². The Labute approximate surface area is 145 Å². The van der Waals surface area contributed by atoms with Gasteiger partial charge in [-0.1, -0.05) is 12.1 Å². The predicted octanol–water partition coefficient (Wildman–Crippen LogP) is 2.33. The van der Waals surface area contributed by atoms with Crippen molar-refractivity contribution < 1.29 is 4.39 Å². The number of nitrogens with one attached hydrogen (secondary N) is 1. The number of piperazine rings is 1. The van der Waals surface area contributed by atoms with E-state index in [2.05, 4.69) is 29.7 Å². The fraction of sp³-hybridized carbons (Fsp3) is 0.278. The summed E-state index contributed by atoms with van der Waals surface area (Å²) in [6.07, 6.45) is 5.32. The van der Waals surface area contributed by atoms with E-state index in [-0.39, 0.29) is 5.82 Å². The third kappa shape index (κ3) is 3.51. The summed E-state index contributed by atoms with van der Waals surface area (Å²) >= 11 is 0. The van der Waals surface area contributed by atoms with Crippen LogP contribution < -0.4 is 4.90 Å². The third-order valence-electron chi connectivity index (χ3n) is 4.36. The molecule has 0 unspecified atom stereocenters. The minimum Gasteiger partial charge on any atom is -0.341 e. The van der Waals surface area contributed by atoms with Crippen molar-refractivity contribution in [3.05, 3.63) is 60.4 Å². The molecular formula is C18H19FN6. The minimum atomic E-state index is -0.264. The fourth-order valence-electron chi connectivity index (χ4n) is 3.03. The summed E-state index contributed by atoms with van der Waals surface area (Å²) in [5.74, 6) is 1.09. The second-order valence-electron chi connectivity index (χ2n) is 6.05. The largest absolute Gasteiger partial charge is 0.341 e. The third-order valence-corrected chi connectivity index (χ3v) is 4.36. The molecule has 0 saturated carbocycles. The van der Waals surface area contributed by atoms with Gasteiger partial charge in [0.1, 0.15) is 11.6 Å². The van der Waals surface area contributed by atoms with Crippen LogP contribution in [-0.2, 0) is 6.54 Å². The van der Waals surface area contributed by atoms with Crippen molar-refractivity contribution >= 4 is 5.95 Å². The van der Waals surface area contributed by atoms with Crippen LogP contribution in [0.2, 0.25) is 0 Å². The van der Waals surface area contributed by atoms with Gasteiger partial charge in [0.25, 0.3) is 0 Å². The summed E-state index contributed by atoms with van der Waals surface area (Å²) in [6, 6.07) is 8.49. The number of halogens is 1. The van der Waals surface area contributed by atoms with Gasteiger partial charge in [0.15, 0.2) is 0 Å². The molecule has 0 spiro atoms. The lowest BCUT2D eigenvalue weighted by molar-refractivity contribution is 0.246. The average molecular weight is 338 g/mol. The zero-order valence-electron chi connectivity index (χ0n) is 13.8. The van der Waals surface area contributed by atoms with Crippen molar-refractivity contribution in [1.29, 1.82) is 0 Å². The van der Waals surface area contributed by atoms with Crippen molar-refractivity contribution in [2.75, 3.05) is 31.1 Å². The van der Waals surface area contributed by atoms with Gasteiger partial charge in [0, 0.05) is 57.0 Å². The fourth-order valence-corrected chi connectivity index (χ4v) is 3.03. The Morgan fingerprint density at radius 1 is 0.960 bits per heavy atom. The molecule has 1 aromatic carbocycles. The number of hydrogen-bond acceptors (Lipinski definition) is 5. The molecule has 7 heteroatoms. The summed E-state index contributed by atoms with van der Waals surface area (Å²) in [4.78, 5) is 20.7. The van der Waals surface area contributed by atoms with Crippen LogP contribution in [0.25, 0.3) is 11.4 Å². The molecule has 1 aliphatic heterocycles. The first-order valence-electron chi connectivity index (χ1n) is 8.33. The van der Waals surface area contributed by atoms with Crippen LogP contribution >= 0.6 is 0 Å². The SMILES string of the molecule is Fc1ccccc1-c1ncc(CN2CCN(c3ncccn3)CC2)[nH]1. The maximum atomic E-state index is 13.9. The number of aromatic nitrogens is 4. The molecule has 25 heavy (non-hydrogen) atoms. The molecule has 0 amide bonds. The van der Waals surface area contributed by atoms with Gasteiger partial charge in [-0.25, -0.2) is 19.3 Å². The molecule has 2 aromatic heterocycles. The molecule has 1 N–H and O–H groups in total. The molecule has 1 saturated heterocycles. The van der Waals surface area contributed by atoms with Gasteiger partial charge in [0.05, 0.1) is 5.56 Å². The Morgan fingerprint density at radius 3 is 2.48 bits per heavy atom. The molecule has 1 fully saturated rings. The number of H-pyrrole nitrogens is 1. The summed E-state index contributed by atoms with van der Waals surface area (Å²) in [6.45, 7) is 4.39. The topological polar surface area (TPSA) is 60.9 Å². The second kappa shape index (κ2) is 6.98. The van der Waals surface area contributed by atoms with Gasteiger partial charge < -0.3 is 9.88 Å². The van der Waals surface area contributed by atoms with Gasteiger partial charge in [-0.15, -0.1) is 0 Å². The van der Waals surface area contributed by atoms with Crippen LogP contribution in [0.1, 0.15) is 5.69 Å². The monoisotopic (exact) mass is 338 g/mol. The minimum absolute atomic E-state index is 0.264. The van der Waals surface area contributed by atoms with E-state index >= 15 is 0 Å². The summed E-state index contributed by atoms with van der Waals surface area (Å²) in [7, 11) is 0. The quantitative estimate of drug-likeness (QED) is 0.791. The number of imidazole rings is 1. The first-order valence-corrected chi connectivity index (χ1v) is 8.33. The van der Waals surface area contributed by atoms with E-state index in [4.69, 9.17) is 0 Å². The zero-order chi connectivity index (χ0) is 17.1. The Hall–Kier alpha value is -2.80. The maximum Gasteiger partial charge on any atom is 0.225 e. The van der Waals surface area contributed by atoms with Crippen molar-refractivity contribution in [2.24, 2.45) is 0 Å². The lowest BCUT2D eigenvalue weighted by Crippen LogP contribution is -2.46. The van der Waals surface area contributed by atoms with Crippen LogP contribution in [0.5, 0.6) is 0 Å². The van der Waals surface area contributed by atoms with Crippen molar-refractivity contribution in [2.45, 2.75) is 6.54 Å². The van der Waals surface area contributed by atoms with E-state index in [0.29, 0.717) is 11.4 Å². The maximum absolute atomic E-state index is 13.9. The van der Waals surface area contributed by atoms with E-state index in [9.17, 15) is 4.39 Å². The molecule has 3 aromatic rings. The van der Waals surface area contributed by atoms with Crippen molar-refractivity contribution in [3.8, 4) is 11.4 Å². The van der Waals surface area contributed by atoms with E-state index < -0.39 is 0 Å². The molecule has 6 nitrogen and oxygen atoms in total. The molecular weight excluding hydrogens is 319 g/mol. The highest BCUT2D eigenvalue weighted by Crippen LogP contribution is 2.20. The van der Waals surface area contributed by atoms with Gasteiger partial charge in [0.2, 0.25) is 5.95 Å². The van der Waals surface area contributed by atoms with Crippen molar-refractivity contribution in [3.63, 3.8) is 0 Å². The standard InChI is InChI=1S/C18H19FN6/c19-16-5-2-1-4-15(16)17-22-12-14(23-17)13-24-8-10-25(11-9-24)18-20-6-3-7-21-18/h1-7,12H,8-11,13H2,(H,22,23). The van der Waals surface area contributed by atoms with Gasteiger partial charge in [-0.2, -0.15) is 0 Å². The lowest BCUT2D eigenvalue weighted by atomic mass is 10.2. The smallest absolute Gasteiger partial charge is 0.225 e. The van der Waals surface area contributed by atoms with E-state index in [1.54, 1.807) is 30.7 Å². The number of aromatic amines is 1. The van der Waals surface area contributed by atoms with E-state index in [1.807, 2.05) is 12.1 Å². The molecule has 0 atom stereocenters. The Kier molecular flexibility index (Phi) is 4.39. The van der Waals surface area contributed by atoms with Gasteiger partial charge in [-0.3, -0.25) is 4.90 Å². The number of nitrogens with zero attached hydrogens (tertiary/aromatic N) is 5. The highest BCUT2D eigenvalue weighted by molar-refractivity contribution is 5.55. The first kappa shape index (κ1) is 15.7. The second-order valence-corrected chi connectivity index (χ2v) is 6.05. The normalized spacial score (nSPS) is 15.5. The van der Waals surface area contributed by atoms with Crippen LogP contribution in [0, 0.1) is 5.82 Å². The highest BCUT2D eigenvalue weighted by atomic mass is 19.1. The molecule has 0 aliphatic carbocycles. The number of hydrogen-bond donors (Lipinski definition) is 1. The average Bonchev–Trinajstić information content (AvgIpc) is 3.12. The van der Waals surface area contributed by atoms with E-state index in [1.165, 1.54) is 6.07 Å². The molecule has 1 aliphatic rings. The van der Waals surface area contributed by atoms with Crippen molar-refractivity contribution in [1.82, 2.24) is 24.8 Å². The number of rotatable bonds is 4. The van der Waals surface area contributed by atoms with E-state index in [0.717, 1.165) is 44.4 Å². The van der Waals surface area contributed by atoms with Crippen LogP contribution in [-0.4, -0.2) is 51.0 Å². The summed E-state index contributed by atoms with van der Waals surface area (Å²) < 4.78 is 13.9. The Balaban J connectivity index is 1.37. The summed E-state index contributed by atoms with van der Waals surface area (Å²) in [5.41, 5.74) is 1.49.